The Balaban J connectivity index is 1.62. The summed E-state index contributed by atoms with van der Waals surface area (Å²) in [4.78, 5) is 12.4. The van der Waals surface area contributed by atoms with Crippen LogP contribution in [-0.2, 0) is 0 Å². The summed E-state index contributed by atoms with van der Waals surface area (Å²) < 4.78 is 0. The summed E-state index contributed by atoms with van der Waals surface area (Å²) in [6.07, 6.45) is 7.78. The highest BCUT2D eigenvalue weighted by Crippen LogP contribution is 2.49. The molecule has 2 aromatic carbocycles. The number of nitrogens with one attached hydrogen (secondary N) is 2. The first-order valence-corrected chi connectivity index (χ1v) is 9.68. The Hall–Kier alpha value is -2.55. The first kappa shape index (κ1) is 16.9. The van der Waals surface area contributed by atoms with Crippen molar-refractivity contribution in [3.05, 3.63) is 77.4 Å². The first-order valence-electron chi connectivity index (χ1n) is 9.68. The van der Waals surface area contributed by atoms with E-state index < -0.39 is 0 Å². The summed E-state index contributed by atoms with van der Waals surface area (Å²) in [7, 11) is 0. The second kappa shape index (κ2) is 7.36. The van der Waals surface area contributed by atoms with Gasteiger partial charge in [0.1, 0.15) is 0 Å². The standard InChI is InChI=1S/C23H26N2O/c1-2-3-14-24-23(26)17-12-13-21-20(15-17)18-10-7-11-19(18)22(25-21)16-8-5-4-6-9-16/h4-10,12-13,15,18-19,22,25H,2-3,11,14H2,1H3,(H,24,26). The van der Waals surface area contributed by atoms with Gasteiger partial charge < -0.3 is 10.6 Å². The lowest BCUT2D eigenvalue weighted by atomic mass is 9.76. The number of benzene rings is 2. The molecule has 3 unspecified atom stereocenters. The fourth-order valence-electron chi connectivity index (χ4n) is 4.21. The Morgan fingerprint density at radius 2 is 2.04 bits per heavy atom. The van der Waals surface area contributed by atoms with Gasteiger partial charge in [0.05, 0.1) is 6.04 Å². The average molecular weight is 346 g/mol. The quantitative estimate of drug-likeness (QED) is 0.588. The summed E-state index contributed by atoms with van der Waals surface area (Å²) in [6.45, 7) is 2.87. The monoisotopic (exact) mass is 346 g/mol. The molecule has 3 heteroatoms. The molecule has 2 N–H and O–H groups in total. The molecule has 4 rings (SSSR count). The third-order valence-electron chi connectivity index (χ3n) is 5.60. The molecule has 0 saturated heterocycles. The molecule has 0 fully saturated rings. The SMILES string of the molecule is CCCCNC(=O)c1ccc2c(c1)C1C=CCC1C(c1ccccc1)N2. The van der Waals surface area contributed by atoms with E-state index in [1.165, 1.54) is 11.1 Å². The van der Waals surface area contributed by atoms with Gasteiger partial charge >= 0.3 is 0 Å². The van der Waals surface area contributed by atoms with Crippen LogP contribution < -0.4 is 10.6 Å². The highest BCUT2D eigenvalue weighted by molar-refractivity contribution is 5.95. The number of allylic oxidation sites excluding steroid dienone is 2. The van der Waals surface area contributed by atoms with Crippen molar-refractivity contribution in [2.45, 2.75) is 38.1 Å². The summed E-state index contributed by atoms with van der Waals surface area (Å²) >= 11 is 0. The predicted molar refractivity (Wildman–Crippen MR) is 106 cm³/mol. The van der Waals surface area contributed by atoms with E-state index in [4.69, 9.17) is 0 Å². The van der Waals surface area contributed by atoms with E-state index in [-0.39, 0.29) is 5.91 Å². The summed E-state index contributed by atoms with van der Waals surface area (Å²) in [5, 5.41) is 6.76. The number of hydrogen-bond donors (Lipinski definition) is 2. The zero-order valence-corrected chi connectivity index (χ0v) is 15.2. The number of fused-ring (bicyclic) bond motifs is 3. The minimum Gasteiger partial charge on any atom is -0.378 e. The molecule has 1 heterocycles. The van der Waals surface area contributed by atoms with Crippen molar-refractivity contribution in [2.24, 2.45) is 5.92 Å². The van der Waals surface area contributed by atoms with Gasteiger partial charge in [-0.3, -0.25) is 4.79 Å². The van der Waals surface area contributed by atoms with Crippen LogP contribution in [0.1, 0.15) is 59.6 Å². The van der Waals surface area contributed by atoms with Crippen LogP contribution in [0.5, 0.6) is 0 Å². The molecule has 26 heavy (non-hydrogen) atoms. The van der Waals surface area contributed by atoms with Gasteiger partial charge in [-0.2, -0.15) is 0 Å². The summed E-state index contributed by atoms with van der Waals surface area (Å²) in [5.74, 6) is 0.910. The van der Waals surface area contributed by atoms with Crippen LogP contribution in [0.2, 0.25) is 0 Å². The maximum absolute atomic E-state index is 12.4. The van der Waals surface area contributed by atoms with Gasteiger partial charge in [-0.1, -0.05) is 55.8 Å². The zero-order chi connectivity index (χ0) is 17.9. The highest BCUT2D eigenvalue weighted by Gasteiger charge is 2.38. The van der Waals surface area contributed by atoms with Crippen molar-refractivity contribution >= 4 is 11.6 Å². The van der Waals surface area contributed by atoms with Gasteiger partial charge in [0, 0.05) is 23.7 Å². The van der Waals surface area contributed by atoms with E-state index in [0.29, 0.717) is 17.9 Å². The predicted octanol–water partition coefficient (Wildman–Crippen LogP) is 5.04. The Morgan fingerprint density at radius 3 is 2.85 bits per heavy atom. The van der Waals surface area contributed by atoms with E-state index in [2.05, 4.69) is 72.2 Å². The second-order valence-corrected chi connectivity index (χ2v) is 7.30. The minimum absolute atomic E-state index is 0.0324. The van der Waals surface area contributed by atoms with E-state index in [1.807, 2.05) is 6.07 Å². The van der Waals surface area contributed by atoms with Crippen molar-refractivity contribution in [2.75, 3.05) is 11.9 Å². The molecule has 0 saturated carbocycles. The van der Waals surface area contributed by atoms with Crippen molar-refractivity contribution < 1.29 is 4.79 Å². The van der Waals surface area contributed by atoms with Crippen LogP contribution in [0, 0.1) is 5.92 Å². The molecule has 2 aromatic rings. The van der Waals surface area contributed by atoms with Crippen LogP contribution >= 0.6 is 0 Å². The third kappa shape index (κ3) is 3.14. The van der Waals surface area contributed by atoms with Gasteiger partial charge in [0.25, 0.3) is 5.91 Å². The highest BCUT2D eigenvalue weighted by atomic mass is 16.1. The molecule has 3 atom stereocenters. The Labute approximate surface area is 155 Å². The third-order valence-corrected chi connectivity index (χ3v) is 5.60. The van der Waals surface area contributed by atoms with E-state index in [1.54, 1.807) is 0 Å². The number of hydrogen-bond acceptors (Lipinski definition) is 2. The van der Waals surface area contributed by atoms with E-state index in [0.717, 1.165) is 37.1 Å². The average Bonchev–Trinajstić information content (AvgIpc) is 3.18. The van der Waals surface area contributed by atoms with Gasteiger partial charge in [0.2, 0.25) is 0 Å². The number of amides is 1. The molecule has 134 valence electrons. The summed E-state index contributed by atoms with van der Waals surface area (Å²) in [5.41, 5.74) is 4.49. The maximum Gasteiger partial charge on any atom is 0.251 e. The number of unbranched alkanes of at least 4 members (excludes halogenated alkanes) is 1. The normalized spacial score (nSPS) is 23.0. The van der Waals surface area contributed by atoms with E-state index >= 15 is 0 Å². The van der Waals surface area contributed by atoms with Crippen molar-refractivity contribution in [3.8, 4) is 0 Å². The largest absolute Gasteiger partial charge is 0.378 e. The molecular formula is C23H26N2O. The zero-order valence-electron chi connectivity index (χ0n) is 15.2. The molecule has 1 aliphatic carbocycles. The maximum atomic E-state index is 12.4. The lowest BCUT2D eigenvalue weighted by Gasteiger charge is -2.37. The van der Waals surface area contributed by atoms with Gasteiger partial charge in [-0.05, 0) is 48.1 Å². The smallest absolute Gasteiger partial charge is 0.251 e. The second-order valence-electron chi connectivity index (χ2n) is 7.30. The molecule has 1 amide bonds. The fraction of sp³-hybridized carbons (Fsp3) is 0.348. The van der Waals surface area contributed by atoms with Crippen LogP contribution in [-0.4, -0.2) is 12.5 Å². The molecule has 2 aliphatic rings. The Bertz CT molecular complexity index is 812. The molecule has 3 nitrogen and oxygen atoms in total. The topological polar surface area (TPSA) is 41.1 Å². The van der Waals surface area contributed by atoms with Crippen molar-refractivity contribution in [3.63, 3.8) is 0 Å². The Morgan fingerprint density at radius 1 is 1.19 bits per heavy atom. The fourth-order valence-corrected chi connectivity index (χ4v) is 4.21. The van der Waals surface area contributed by atoms with Crippen molar-refractivity contribution in [1.82, 2.24) is 5.32 Å². The number of rotatable bonds is 5. The molecule has 0 radical (unpaired) electrons. The number of anilines is 1. The summed E-state index contributed by atoms with van der Waals surface area (Å²) in [6, 6.07) is 17.1. The lowest BCUT2D eigenvalue weighted by molar-refractivity contribution is 0.0953. The van der Waals surface area contributed by atoms with Crippen LogP contribution in [0.4, 0.5) is 5.69 Å². The molecule has 0 bridgehead atoms. The van der Waals surface area contributed by atoms with E-state index in [9.17, 15) is 4.79 Å². The van der Waals surface area contributed by atoms with Crippen LogP contribution in [0.25, 0.3) is 0 Å². The molecule has 0 aromatic heterocycles. The first-order chi connectivity index (χ1) is 12.8. The lowest BCUT2D eigenvalue weighted by Crippen LogP contribution is -2.30. The van der Waals surface area contributed by atoms with Gasteiger partial charge in [0.15, 0.2) is 0 Å². The van der Waals surface area contributed by atoms with Crippen LogP contribution in [0.15, 0.2) is 60.7 Å². The van der Waals surface area contributed by atoms with Gasteiger partial charge in [-0.15, -0.1) is 0 Å². The van der Waals surface area contributed by atoms with Gasteiger partial charge in [-0.25, -0.2) is 0 Å². The molecular weight excluding hydrogens is 320 g/mol. The van der Waals surface area contributed by atoms with Crippen LogP contribution in [0.3, 0.4) is 0 Å². The Kier molecular flexibility index (Phi) is 4.79. The van der Waals surface area contributed by atoms with Crippen molar-refractivity contribution in [1.29, 1.82) is 0 Å². The molecule has 0 spiro atoms. The molecule has 1 aliphatic heterocycles. The number of carbonyl (C=O) groups excluding carboxylic acids is 1. The minimum atomic E-state index is 0.0324. The number of carbonyl (C=O) groups is 1.